The molecule has 2 saturated heterocycles. The Labute approximate surface area is 183 Å². The van der Waals surface area contributed by atoms with Gasteiger partial charge in [0.05, 0.1) is 20.4 Å². The number of methoxy groups -OCH3 is 2. The average molecular weight is 426 g/mol. The molecule has 0 spiro atoms. The summed E-state index contributed by atoms with van der Waals surface area (Å²) in [5, 5.41) is 4.35. The molecule has 0 saturated carbocycles. The molecule has 0 unspecified atom stereocenters. The zero-order valence-corrected chi connectivity index (χ0v) is 18.4. The lowest BCUT2D eigenvalue weighted by atomic mass is 10.1. The summed E-state index contributed by atoms with van der Waals surface area (Å²) >= 11 is 0. The van der Waals surface area contributed by atoms with Crippen molar-refractivity contribution in [2.24, 2.45) is 5.10 Å². The maximum absolute atomic E-state index is 5.36. The van der Waals surface area contributed by atoms with Gasteiger partial charge in [0.15, 0.2) is 11.5 Å². The van der Waals surface area contributed by atoms with Gasteiger partial charge in [-0.05, 0) is 62.3 Å². The predicted molar refractivity (Wildman–Crippen MR) is 123 cm³/mol. The third-order valence-electron chi connectivity index (χ3n) is 5.68. The van der Waals surface area contributed by atoms with E-state index in [-0.39, 0.29) is 0 Å². The number of nitrogens with zero attached hydrogens (tertiary/aromatic N) is 6. The number of anilines is 3. The Morgan fingerprint density at radius 1 is 0.806 bits per heavy atom. The summed E-state index contributed by atoms with van der Waals surface area (Å²) in [6.45, 7) is 3.94. The third-order valence-corrected chi connectivity index (χ3v) is 5.68. The summed E-state index contributed by atoms with van der Waals surface area (Å²) in [5.41, 5.74) is 3.88. The molecular weight excluding hydrogens is 394 g/mol. The van der Waals surface area contributed by atoms with E-state index in [0.29, 0.717) is 17.4 Å². The van der Waals surface area contributed by atoms with E-state index >= 15 is 0 Å². The normalized spacial score (nSPS) is 17.1. The number of ether oxygens (including phenoxy) is 2. The summed E-state index contributed by atoms with van der Waals surface area (Å²) in [7, 11) is 3.24. The van der Waals surface area contributed by atoms with E-state index in [4.69, 9.17) is 14.5 Å². The fourth-order valence-corrected chi connectivity index (χ4v) is 3.97. The highest BCUT2D eigenvalue weighted by Gasteiger charge is 2.20. The SMILES string of the molecule is COc1ccc(C=NNc2nc(N3CCCCC3)nc(N3CCCCC3)n2)cc1OC. The number of hydrazone groups is 1. The van der Waals surface area contributed by atoms with Gasteiger partial charge in [-0.2, -0.15) is 20.1 Å². The van der Waals surface area contributed by atoms with Gasteiger partial charge in [-0.1, -0.05) is 0 Å². The lowest BCUT2D eigenvalue weighted by molar-refractivity contribution is 0.355. The monoisotopic (exact) mass is 425 g/mol. The van der Waals surface area contributed by atoms with Crippen LogP contribution in [0.2, 0.25) is 0 Å². The van der Waals surface area contributed by atoms with Crippen molar-refractivity contribution in [1.82, 2.24) is 15.0 Å². The highest BCUT2D eigenvalue weighted by molar-refractivity contribution is 5.81. The van der Waals surface area contributed by atoms with Crippen LogP contribution in [0.4, 0.5) is 17.8 Å². The molecule has 1 aromatic carbocycles. The highest BCUT2D eigenvalue weighted by atomic mass is 16.5. The summed E-state index contributed by atoms with van der Waals surface area (Å²) in [5.74, 6) is 3.28. The van der Waals surface area contributed by atoms with Crippen molar-refractivity contribution in [3.63, 3.8) is 0 Å². The Balaban J connectivity index is 1.54. The first kappa shape index (κ1) is 21.1. The van der Waals surface area contributed by atoms with E-state index in [1.807, 2.05) is 18.2 Å². The van der Waals surface area contributed by atoms with Crippen molar-refractivity contribution in [2.75, 3.05) is 55.6 Å². The Hall–Kier alpha value is -3.10. The van der Waals surface area contributed by atoms with Gasteiger partial charge in [0.1, 0.15) is 0 Å². The molecule has 4 rings (SSSR count). The van der Waals surface area contributed by atoms with Gasteiger partial charge in [-0.25, -0.2) is 5.43 Å². The van der Waals surface area contributed by atoms with E-state index in [9.17, 15) is 0 Å². The lowest BCUT2D eigenvalue weighted by Gasteiger charge is -2.30. The summed E-state index contributed by atoms with van der Waals surface area (Å²) in [4.78, 5) is 18.6. The van der Waals surface area contributed by atoms with Crippen molar-refractivity contribution in [1.29, 1.82) is 0 Å². The molecule has 0 amide bonds. The second-order valence-electron chi connectivity index (χ2n) is 7.84. The van der Waals surface area contributed by atoms with Gasteiger partial charge >= 0.3 is 0 Å². The first-order valence-corrected chi connectivity index (χ1v) is 11.0. The molecule has 2 aliphatic heterocycles. The largest absolute Gasteiger partial charge is 0.493 e. The van der Waals surface area contributed by atoms with E-state index < -0.39 is 0 Å². The van der Waals surface area contributed by atoms with Gasteiger partial charge in [0.2, 0.25) is 17.8 Å². The molecule has 166 valence electrons. The molecule has 1 N–H and O–H groups in total. The summed E-state index contributed by atoms with van der Waals surface area (Å²) in [6, 6.07) is 5.64. The molecule has 0 radical (unpaired) electrons. The molecule has 2 fully saturated rings. The number of benzene rings is 1. The van der Waals surface area contributed by atoms with E-state index in [1.165, 1.54) is 38.5 Å². The number of rotatable bonds is 7. The van der Waals surface area contributed by atoms with Gasteiger partial charge in [-0.3, -0.25) is 0 Å². The molecule has 31 heavy (non-hydrogen) atoms. The van der Waals surface area contributed by atoms with Crippen molar-refractivity contribution >= 4 is 24.1 Å². The second kappa shape index (κ2) is 10.3. The lowest BCUT2D eigenvalue weighted by Crippen LogP contribution is -2.34. The van der Waals surface area contributed by atoms with Crippen molar-refractivity contribution in [2.45, 2.75) is 38.5 Å². The van der Waals surface area contributed by atoms with Crippen LogP contribution >= 0.6 is 0 Å². The first-order valence-electron chi connectivity index (χ1n) is 11.0. The van der Waals surface area contributed by atoms with Gasteiger partial charge in [0.25, 0.3) is 0 Å². The number of aromatic nitrogens is 3. The van der Waals surface area contributed by atoms with Crippen LogP contribution in [0.15, 0.2) is 23.3 Å². The minimum Gasteiger partial charge on any atom is -0.493 e. The fourth-order valence-electron chi connectivity index (χ4n) is 3.97. The van der Waals surface area contributed by atoms with E-state index in [0.717, 1.165) is 43.6 Å². The van der Waals surface area contributed by atoms with E-state index in [1.54, 1.807) is 20.4 Å². The van der Waals surface area contributed by atoms with Crippen molar-refractivity contribution in [3.05, 3.63) is 23.8 Å². The standard InChI is InChI=1S/C22H31N7O2/c1-30-18-10-9-17(15-19(18)31-2)16-23-27-20-24-21(28-11-5-3-6-12-28)26-22(25-20)29-13-7-4-8-14-29/h9-10,15-16H,3-8,11-14H2,1-2H3,(H,24,25,26,27). The molecule has 9 heteroatoms. The highest BCUT2D eigenvalue weighted by Crippen LogP contribution is 2.27. The van der Waals surface area contributed by atoms with Crippen LogP contribution in [0.1, 0.15) is 44.1 Å². The summed E-state index contributed by atoms with van der Waals surface area (Å²) in [6.07, 6.45) is 8.93. The number of piperidine rings is 2. The summed E-state index contributed by atoms with van der Waals surface area (Å²) < 4.78 is 10.6. The van der Waals surface area contributed by atoms with Crippen LogP contribution in [0.25, 0.3) is 0 Å². The van der Waals surface area contributed by atoms with E-state index in [2.05, 4.69) is 30.3 Å². The first-order chi connectivity index (χ1) is 15.3. The number of hydrogen-bond acceptors (Lipinski definition) is 9. The Morgan fingerprint density at radius 3 is 1.94 bits per heavy atom. The minimum atomic E-state index is 0.466. The minimum absolute atomic E-state index is 0.466. The Bertz CT molecular complexity index is 857. The maximum atomic E-state index is 5.36. The number of nitrogens with one attached hydrogen (secondary N) is 1. The molecule has 2 aromatic rings. The maximum Gasteiger partial charge on any atom is 0.250 e. The molecular formula is C22H31N7O2. The van der Waals surface area contributed by atoms with Gasteiger partial charge in [0, 0.05) is 26.2 Å². The van der Waals surface area contributed by atoms with Crippen LogP contribution in [0.5, 0.6) is 11.5 Å². The molecule has 0 aliphatic carbocycles. The topological polar surface area (TPSA) is 88.0 Å². The van der Waals surface area contributed by atoms with Crippen LogP contribution in [0.3, 0.4) is 0 Å². The van der Waals surface area contributed by atoms with Crippen LogP contribution in [-0.4, -0.2) is 61.6 Å². The molecule has 2 aliphatic rings. The zero-order valence-electron chi connectivity index (χ0n) is 18.4. The second-order valence-corrected chi connectivity index (χ2v) is 7.84. The number of hydrogen-bond donors (Lipinski definition) is 1. The quantitative estimate of drug-likeness (QED) is 0.534. The molecule has 3 heterocycles. The van der Waals surface area contributed by atoms with Crippen LogP contribution in [0, 0.1) is 0 Å². The van der Waals surface area contributed by atoms with Crippen molar-refractivity contribution < 1.29 is 9.47 Å². The van der Waals surface area contributed by atoms with Gasteiger partial charge in [-0.15, -0.1) is 0 Å². The molecule has 1 aromatic heterocycles. The zero-order chi connectivity index (χ0) is 21.5. The fraction of sp³-hybridized carbons (Fsp3) is 0.545. The smallest absolute Gasteiger partial charge is 0.250 e. The third kappa shape index (κ3) is 5.34. The predicted octanol–water partition coefficient (Wildman–Crippen LogP) is 3.32. The van der Waals surface area contributed by atoms with Crippen LogP contribution in [-0.2, 0) is 0 Å². The molecule has 0 atom stereocenters. The Kier molecular flexibility index (Phi) is 7.01. The molecule has 9 nitrogen and oxygen atoms in total. The van der Waals surface area contributed by atoms with Crippen LogP contribution < -0.4 is 24.7 Å². The van der Waals surface area contributed by atoms with Crippen molar-refractivity contribution in [3.8, 4) is 11.5 Å². The molecule has 0 bridgehead atoms. The average Bonchev–Trinajstić information content (AvgIpc) is 2.85. The van der Waals surface area contributed by atoms with Gasteiger partial charge < -0.3 is 19.3 Å². The Morgan fingerprint density at radius 2 is 1.39 bits per heavy atom.